The summed E-state index contributed by atoms with van der Waals surface area (Å²) in [6, 6.07) is 1.75. The van der Waals surface area contributed by atoms with Crippen molar-refractivity contribution in [2.75, 3.05) is 45.6 Å². The Hall–Kier alpha value is -1.69. The normalized spacial score (nSPS) is 18.9. The third-order valence-electron chi connectivity index (χ3n) is 3.70. The Kier molecular flexibility index (Phi) is 5.50. The average Bonchev–Trinajstić information content (AvgIpc) is 2.46. The van der Waals surface area contributed by atoms with E-state index in [1.807, 2.05) is 19.0 Å². The highest BCUT2D eigenvalue weighted by atomic mass is 16.2. The van der Waals surface area contributed by atoms with Gasteiger partial charge in [-0.25, -0.2) is 9.97 Å². The highest BCUT2D eigenvalue weighted by molar-refractivity contribution is 5.92. The van der Waals surface area contributed by atoms with Gasteiger partial charge in [0.15, 0.2) is 0 Å². The molecule has 6 nitrogen and oxygen atoms in total. The van der Waals surface area contributed by atoms with Crippen LogP contribution in [0.4, 0.5) is 5.82 Å². The second kappa shape index (κ2) is 7.36. The molecule has 0 spiro atoms. The van der Waals surface area contributed by atoms with Crippen LogP contribution in [0.15, 0.2) is 12.4 Å². The first-order chi connectivity index (χ1) is 10.1. The van der Waals surface area contributed by atoms with E-state index in [1.165, 1.54) is 12.7 Å². The molecule has 0 radical (unpaired) electrons. The van der Waals surface area contributed by atoms with Gasteiger partial charge in [0, 0.05) is 32.2 Å². The van der Waals surface area contributed by atoms with Crippen LogP contribution in [0.2, 0.25) is 0 Å². The Bertz CT molecular complexity index is 477. The van der Waals surface area contributed by atoms with Crippen molar-refractivity contribution in [1.82, 2.24) is 19.8 Å². The van der Waals surface area contributed by atoms with Gasteiger partial charge in [0.25, 0.3) is 5.91 Å². The lowest BCUT2D eigenvalue weighted by atomic mass is 10.00. The van der Waals surface area contributed by atoms with Crippen molar-refractivity contribution in [3.05, 3.63) is 18.1 Å². The van der Waals surface area contributed by atoms with Crippen LogP contribution in [0, 0.1) is 5.92 Å². The van der Waals surface area contributed by atoms with Crippen LogP contribution in [0.5, 0.6) is 0 Å². The molecular weight excluding hydrogens is 266 g/mol. The topological polar surface area (TPSA) is 61.4 Å². The molecule has 1 unspecified atom stereocenters. The number of anilines is 1. The monoisotopic (exact) mass is 291 g/mol. The van der Waals surface area contributed by atoms with Crippen molar-refractivity contribution < 1.29 is 4.79 Å². The van der Waals surface area contributed by atoms with Gasteiger partial charge in [0.1, 0.15) is 17.8 Å². The van der Waals surface area contributed by atoms with Crippen LogP contribution in [0.3, 0.4) is 0 Å². The van der Waals surface area contributed by atoms with Gasteiger partial charge < -0.3 is 15.1 Å². The first-order valence-electron chi connectivity index (χ1n) is 7.56. The molecule has 1 fully saturated rings. The number of rotatable bonds is 5. The van der Waals surface area contributed by atoms with E-state index >= 15 is 0 Å². The Morgan fingerprint density at radius 1 is 1.48 bits per heavy atom. The lowest BCUT2D eigenvalue weighted by molar-refractivity contribution is 0.0677. The predicted molar refractivity (Wildman–Crippen MR) is 83.4 cm³/mol. The summed E-state index contributed by atoms with van der Waals surface area (Å²) in [5.41, 5.74) is 0.478. The van der Waals surface area contributed by atoms with E-state index in [4.69, 9.17) is 0 Å². The molecule has 1 aromatic rings. The number of carbonyl (C=O) groups is 1. The highest BCUT2D eigenvalue weighted by Crippen LogP contribution is 2.17. The average molecular weight is 291 g/mol. The fourth-order valence-electron chi connectivity index (χ4n) is 2.51. The molecule has 0 aromatic carbocycles. The Labute approximate surface area is 126 Å². The van der Waals surface area contributed by atoms with Gasteiger partial charge in [0.2, 0.25) is 0 Å². The lowest BCUT2D eigenvalue weighted by Gasteiger charge is -2.30. The first-order valence-corrected chi connectivity index (χ1v) is 7.56. The second-order valence-corrected chi connectivity index (χ2v) is 6.02. The molecule has 0 saturated carbocycles. The molecule has 21 heavy (non-hydrogen) atoms. The minimum atomic E-state index is 0.0135. The molecule has 6 heteroatoms. The SMILES string of the molecule is CC1CCCN(C(=O)c2cc(NCCN(C)C)ncn2)C1. The highest BCUT2D eigenvalue weighted by Gasteiger charge is 2.23. The Morgan fingerprint density at radius 3 is 3.00 bits per heavy atom. The van der Waals surface area contributed by atoms with Gasteiger partial charge in [0.05, 0.1) is 0 Å². The summed E-state index contributed by atoms with van der Waals surface area (Å²) >= 11 is 0. The minimum Gasteiger partial charge on any atom is -0.369 e. The maximum absolute atomic E-state index is 12.5. The van der Waals surface area contributed by atoms with Crippen LogP contribution in [-0.2, 0) is 0 Å². The number of nitrogens with one attached hydrogen (secondary N) is 1. The number of carbonyl (C=O) groups excluding carboxylic acids is 1. The van der Waals surface area contributed by atoms with Crippen LogP contribution in [0.25, 0.3) is 0 Å². The molecule has 1 saturated heterocycles. The molecule has 0 bridgehead atoms. The van der Waals surface area contributed by atoms with Gasteiger partial charge in [-0.1, -0.05) is 6.92 Å². The largest absolute Gasteiger partial charge is 0.369 e. The smallest absolute Gasteiger partial charge is 0.272 e. The molecule has 1 aliphatic rings. The van der Waals surface area contributed by atoms with Crippen molar-refractivity contribution in [3.8, 4) is 0 Å². The molecule has 116 valence electrons. The molecule has 0 aliphatic carbocycles. The van der Waals surface area contributed by atoms with Crippen molar-refractivity contribution in [2.24, 2.45) is 5.92 Å². The van der Waals surface area contributed by atoms with Gasteiger partial charge in [-0.05, 0) is 32.9 Å². The zero-order valence-electron chi connectivity index (χ0n) is 13.2. The summed E-state index contributed by atoms with van der Waals surface area (Å²) in [5.74, 6) is 1.29. The lowest BCUT2D eigenvalue weighted by Crippen LogP contribution is -2.39. The van der Waals surface area contributed by atoms with Crippen molar-refractivity contribution in [3.63, 3.8) is 0 Å². The van der Waals surface area contributed by atoms with E-state index in [1.54, 1.807) is 6.07 Å². The fraction of sp³-hybridized carbons (Fsp3) is 0.667. The van der Waals surface area contributed by atoms with E-state index in [0.29, 0.717) is 17.4 Å². The third kappa shape index (κ3) is 4.67. The molecule has 1 aromatic heterocycles. The van der Waals surface area contributed by atoms with Crippen LogP contribution in [0.1, 0.15) is 30.3 Å². The Morgan fingerprint density at radius 2 is 2.29 bits per heavy atom. The van der Waals surface area contributed by atoms with E-state index in [2.05, 4.69) is 27.1 Å². The third-order valence-corrected chi connectivity index (χ3v) is 3.70. The number of likely N-dealkylation sites (N-methyl/N-ethyl adjacent to an activating group) is 1. The number of likely N-dealkylation sites (tertiary alicyclic amines) is 1. The van der Waals surface area contributed by atoms with Crippen LogP contribution in [-0.4, -0.2) is 65.9 Å². The number of hydrogen-bond acceptors (Lipinski definition) is 5. The quantitative estimate of drug-likeness (QED) is 0.886. The number of aromatic nitrogens is 2. The maximum Gasteiger partial charge on any atom is 0.272 e. The fourth-order valence-corrected chi connectivity index (χ4v) is 2.51. The first kappa shape index (κ1) is 15.7. The number of amides is 1. The summed E-state index contributed by atoms with van der Waals surface area (Å²) in [4.78, 5) is 24.8. The number of hydrogen-bond donors (Lipinski definition) is 1. The van der Waals surface area contributed by atoms with Crippen molar-refractivity contribution in [1.29, 1.82) is 0 Å². The van der Waals surface area contributed by atoms with Gasteiger partial charge >= 0.3 is 0 Å². The molecule has 1 atom stereocenters. The van der Waals surface area contributed by atoms with E-state index in [9.17, 15) is 4.79 Å². The maximum atomic E-state index is 12.5. The molecule has 1 aliphatic heterocycles. The number of piperidine rings is 1. The number of nitrogens with zero attached hydrogens (tertiary/aromatic N) is 4. The minimum absolute atomic E-state index is 0.0135. The Balaban J connectivity index is 1.97. The molecule has 1 amide bonds. The van der Waals surface area contributed by atoms with Gasteiger partial charge in [-0.2, -0.15) is 0 Å². The molecular formula is C15H25N5O. The van der Waals surface area contributed by atoms with Crippen LogP contribution >= 0.6 is 0 Å². The van der Waals surface area contributed by atoms with Crippen molar-refractivity contribution >= 4 is 11.7 Å². The van der Waals surface area contributed by atoms with E-state index in [0.717, 1.165) is 32.6 Å². The zero-order valence-corrected chi connectivity index (χ0v) is 13.2. The molecule has 2 rings (SSSR count). The summed E-state index contributed by atoms with van der Waals surface area (Å²) in [6.07, 6.45) is 3.73. The van der Waals surface area contributed by atoms with E-state index < -0.39 is 0 Å². The van der Waals surface area contributed by atoms with Crippen LogP contribution < -0.4 is 5.32 Å². The predicted octanol–water partition coefficient (Wildman–Crippen LogP) is 1.32. The summed E-state index contributed by atoms with van der Waals surface area (Å²) in [7, 11) is 4.04. The molecule has 2 heterocycles. The zero-order chi connectivity index (χ0) is 15.2. The summed E-state index contributed by atoms with van der Waals surface area (Å²) < 4.78 is 0. The summed E-state index contributed by atoms with van der Waals surface area (Å²) in [6.45, 7) is 5.55. The molecule has 1 N–H and O–H groups in total. The van der Waals surface area contributed by atoms with Gasteiger partial charge in [-0.15, -0.1) is 0 Å². The summed E-state index contributed by atoms with van der Waals surface area (Å²) in [5, 5.41) is 3.22. The second-order valence-electron chi connectivity index (χ2n) is 6.02. The standard InChI is InChI=1S/C15H25N5O/c1-12-5-4-7-20(10-12)15(21)13-9-14(18-11-17-13)16-6-8-19(2)3/h9,11-12H,4-8,10H2,1-3H3,(H,16,17,18). The van der Waals surface area contributed by atoms with Gasteiger partial charge in [-0.3, -0.25) is 4.79 Å². The van der Waals surface area contributed by atoms with Crippen molar-refractivity contribution in [2.45, 2.75) is 19.8 Å². The van der Waals surface area contributed by atoms with E-state index in [-0.39, 0.29) is 5.91 Å².